The summed E-state index contributed by atoms with van der Waals surface area (Å²) in [6, 6.07) is 4.70. The number of rotatable bonds is 4. The first-order chi connectivity index (χ1) is 11.9. The van der Waals surface area contributed by atoms with Crippen molar-refractivity contribution in [1.82, 2.24) is 4.90 Å². The average Bonchev–Trinajstić information content (AvgIpc) is 2.92. The minimum absolute atomic E-state index is 0.173. The summed E-state index contributed by atoms with van der Waals surface area (Å²) in [5.74, 6) is -1.40. The molecule has 7 heteroatoms. The average molecular weight is 359 g/mol. The minimum Gasteiger partial charge on any atom is -0.480 e. The molecule has 1 aromatic carbocycles. The van der Waals surface area contributed by atoms with E-state index < -0.39 is 30.3 Å². The summed E-state index contributed by atoms with van der Waals surface area (Å²) in [4.78, 5) is 25.9. The Bertz CT molecular complexity index is 742. The molecule has 26 heavy (non-hydrogen) atoms. The first kappa shape index (κ1) is 18.9. The highest BCUT2D eigenvalue weighted by Gasteiger charge is 2.52. The van der Waals surface area contributed by atoms with Gasteiger partial charge >= 0.3 is 13.1 Å². The van der Waals surface area contributed by atoms with Gasteiger partial charge in [0.2, 0.25) is 0 Å². The molecular formula is C19H26BNO5. The normalized spacial score (nSPS) is 22.0. The molecule has 1 aromatic rings. The Balaban J connectivity index is 1.89. The van der Waals surface area contributed by atoms with Crippen LogP contribution in [0.15, 0.2) is 18.2 Å². The summed E-state index contributed by atoms with van der Waals surface area (Å²) in [6.07, 6.45) is 0. The predicted octanol–water partition coefficient (Wildman–Crippen LogP) is 2.05. The van der Waals surface area contributed by atoms with Crippen molar-refractivity contribution < 1.29 is 24.0 Å². The van der Waals surface area contributed by atoms with Gasteiger partial charge in [0.15, 0.2) is 0 Å². The van der Waals surface area contributed by atoms with Crippen LogP contribution in [0.25, 0.3) is 0 Å². The SMILES string of the molecule is CC(C)C(C(=O)O)N1Cc2ccc(B3OC(C)(C)C(C)(C)O3)cc2C1=O. The van der Waals surface area contributed by atoms with E-state index in [1.807, 2.05) is 53.7 Å². The van der Waals surface area contributed by atoms with E-state index in [1.165, 1.54) is 4.90 Å². The van der Waals surface area contributed by atoms with Gasteiger partial charge in [-0.25, -0.2) is 4.79 Å². The van der Waals surface area contributed by atoms with Gasteiger partial charge in [-0.2, -0.15) is 0 Å². The summed E-state index contributed by atoms with van der Waals surface area (Å²) in [6.45, 7) is 11.9. The second kappa shape index (κ2) is 6.10. The highest BCUT2D eigenvalue weighted by atomic mass is 16.7. The third-order valence-corrected chi connectivity index (χ3v) is 5.71. The number of carboxylic acids is 1. The highest BCUT2D eigenvalue weighted by Crippen LogP contribution is 2.37. The monoisotopic (exact) mass is 359 g/mol. The van der Waals surface area contributed by atoms with E-state index in [1.54, 1.807) is 6.07 Å². The maximum atomic E-state index is 12.8. The van der Waals surface area contributed by atoms with Crippen molar-refractivity contribution in [3.05, 3.63) is 29.3 Å². The van der Waals surface area contributed by atoms with Gasteiger partial charge in [0.25, 0.3) is 5.91 Å². The second-order valence-electron chi connectivity index (χ2n) is 8.46. The standard InChI is InChI=1S/C19H26BNO5/c1-11(2)15(17(23)24)21-10-12-7-8-13(9-14(12)16(21)22)20-25-18(3,4)19(5,6)26-20/h7-9,11,15H,10H2,1-6H3,(H,23,24). The van der Waals surface area contributed by atoms with E-state index in [2.05, 4.69) is 0 Å². The molecule has 1 atom stereocenters. The van der Waals surface area contributed by atoms with Crippen molar-refractivity contribution in [1.29, 1.82) is 0 Å². The van der Waals surface area contributed by atoms with Crippen molar-refractivity contribution in [3.8, 4) is 0 Å². The van der Waals surface area contributed by atoms with Crippen LogP contribution in [0.1, 0.15) is 57.5 Å². The smallest absolute Gasteiger partial charge is 0.480 e. The molecule has 1 fully saturated rings. The Labute approximate surface area is 154 Å². The molecule has 0 bridgehead atoms. The van der Waals surface area contributed by atoms with Crippen LogP contribution >= 0.6 is 0 Å². The number of carbonyl (C=O) groups is 2. The molecule has 1 unspecified atom stereocenters. The van der Waals surface area contributed by atoms with Crippen molar-refractivity contribution >= 4 is 24.5 Å². The maximum absolute atomic E-state index is 12.8. The molecule has 0 aromatic heterocycles. The van der Waals surface area contributed by atoms with Crippen LogP contribution < -0.4 is 5.46 Å². The van der Waals surface area contributed by atoms with Gasteiger partial charge in [-0.3, -0.25) is 4.79 Å². The lowest BCUT2D eigenvalue weighted by atomic mass is 9.78. The third-order valence-electron chi connectivity index (χ3n) is 5.71. The fourth-order valence-electron chi connectivity index (χ4n) is 3.47. The lowest BCUT2D eigenvalue weighted by Gasteiger charge is -2.32. The molecule has 1 amide bonds. The van der Waals surface area contributed by atoms with Gasteiger partial charge in [0.05, 0.1) is 11.2 Å². The molecule has 2 aliphatic heterocycles. The van der Waals surface area contributed by atoms with Gasteiger partial charge in [-0.1, -0.05) is 26.0 Å². The number of nitrogens with zero attached hydrogens (tertiary/aromatic N) is 1. The third kappa shape index (κ3) is 2.93. The quantitative estimate of drug-likeness (QED) is 0.833. The Kier molecular flexibility index (Phi) is 4.44. The van der Waals surface area contributed by atoms with Crippen LogP contribution in [0.5, 0.6) is 0 Å². The number of aliphatic carboxylic acids is 1. The summed E-state index contributed by atoms with van der Waals surface area (Å²) in [7, 11) is -0.549. The molecular weight excluding hydrogens is 333 g/mol. The zero-order chi connectivity index (χ0) is 19.4. The first-order valence-corrected chi connectivity index (χ1v) is 8.97. The molecule has 6 nitrogen and oxygen atoms in total. The van der Waals surface area contributed by atoms with Crippen LogP contribution in [0, 0.1) is 5.92 Å². The summed E-state index contributed by atoms with van der Waals surface area (Å²) < 4.78 is 12.1. The van der Waals surface area contributed by atoms with E-state index in [9.17, 15) is 14.7 Å². The number of amides is 1. The van der Waals surface area contributed by atoms with Gasteiger partial charge in [0, 0.05) is 12.1 Å². The number of carboxylic acid groups (broad SMARTS) is 1. The van der Waals surface area contributed by atoms with Crippen LogP contribution in [-0.2, 0) is 20.6 Å². The topological polar surface area (TPSA) is 76.1 Å². The molecule has 1 saturated heterocycles. The molecule has 0 spiro atoms. The number of benzene rings is 1. The number of carbonyl (C=O) groups excluding carboxylic acids is 1. The summed E-state index contributed by atoms with van der Waals surface area (Å²) in [5, 5.41) is 9.51. The molecule has 0 saturated carbocycles. The van der Waals surface area contributed by atoms with Crippen LogP contribution in [0.4, 0.5) is 0 Å². The van der Waals surface area contributed by atoms with E-state index >= 15 is 0 Å². The van der Waals surface area contributed by atoms with Crippen LogP contribution in [-0.4, -0.2) is 46.2 Å². The first-order valence-electron chi connectivity index (χ1n) is 8.97. The van der Waals surface area contributed by atoms with Gasteiger partial charge in [-0.15, -0.1) is 0 Å². The number of fused-ring (bicyclic) bond motifs is 1. The Morgan fingerprint density at radius 3 is 2.27 bits per heavy atom. The molecule has 2 aliphatic rings. The molecule has 1 N–H and O–H groups in total. The number of hydrogen-bond acceptors (Lipinski definition) is 4. The van der Waals surface area contributed by atoms with Gasteiger partial charge < -0.3 is 19.3 Å². The van der Waals surface area contributed by atoms with Crippen molar-refractivity contribution in [2.24, 2.45) is 5.92 Å². The predicted molar refractivity (Wildman–Crippen MR) is 98.3 cm³/mol. The zero-order valence-electron chi connectivity index (χ0n) is 16.2. The van der Waals surface area contributed by atoms with E-state index in [-0.39, 0.29) is 11.8 Å². The van der Waals surface area contributed by atoms with Crippen LogP contribution in [0.3, 0.4) is 0 Å². The lowest BCUT2D eigenvalue weighted by Crippen LogP contribution is -2.44. The largest absolute Gasteiger partial charge is 0.494 e. The van der Waals surface area contributed by atoms with Gasteiger partial charge in [0.1, 0.15) is 6.04 Å². The zero-order valence-corrected chi connectivity index (χ0v) is 16.2. The van der Waals surface area contributed by atoms with Crippen molar-refractivity contribution in [2.75, 3.05) is 0 Å². The Morgan fingerprint density at radius 2 is 1.77 bits per heavy atom. The molecule has 0 aliphatic carbocycles. The van der Waals surface area contributed by atoms with Gasteiger partial charge in [-0.05, 0) is 50.7 Å². The molecule has 0 radical (unpaired) electrons. The summed E-state index contributed by atoms with van der Waals surface area (Å²) >= 11 is 0. The highest BCUT2D eigenvalue weighted by molar-refractivity contribution is 6.62. The Morgan fingerprint density at radius 1 is 1.19 bits per heavy atom. The lowest BCUT2D eigenvalue weighted by molar-refractivity contribution is -0.144. The molecule has 3 rings (SSSR count). The molecule has 2 heterocycles. The fraction of sp³-hybridized carbons (Fsp3) is 0.579. The number of hydrogen-bond donors (Lipinski definition) is 1. The maximum Gasteiger partial charge on any atom is 0.494 e. The summed E-state index contributed by atoms with van der Waals surface area (Å²) in [5.41, 5.74) is 1.22. The van der Waals surface area contributed by atoms with Crippen LogP contribution in [0.2, 0.25) is 0 Å². The minimum atomic E-state index is -0.979. The second-order valence-corrected chi connectivity index (χ2v) is 8.46. The Hall–Kier alpha value is -1.86. The molecule has 140 valence electrons. The van der Waals surface area contributed by atoms with E-state index in [4.69, 9.17) is 9.31 Å². The van der Waals surface area contributed by atoms with E-state index in [0.29, 0.717) is 12.1 Å². The fourth-order valence-corrected chi connectivity index (χ4v) is 3.47. The van der Waals surface area contributed by atoms with Crippen molar-refractivity contribution in [3.63, 3.8) is 0 Å². The van der Waals surface area contributed by atoms with Crippen molar-refractivity contribution in [2.45, 2.75) is 65.3 Å². The van der Waals surface area contributed by atoms with E-state index in [0.717, 1.165) is 11.0 Å².